The van der Waals surface area contributed by atoms with E-state index < -0.39 is 0 Å². The van der Waals surface area contributed by atoms with E-state index in [4.69, 9.17) is 49.1 Å². The molecule has 0 aliphatic carbocycles. The molecular weight excluding hydrogens is 817 g/mol. The number of benzene rings is 4. The van der Waals surface area contributed by atoms with Gasteiger partial charge in [-0.05, 0) is 119 Å². The minimum absolute atomic E-state index is 0.169. The Kier molecular flexibility index (Phi) is 10.7. The molecule has 7 aromatic rings. The molecule has 0 amide bonds. The Morgan fingerprint density at radius 2 is 0.646 bits per heavy atom. The molecule has 0 saturated heterocycles. The van der Waals surface area contributed by atoms with Crippen LogP contribution >= 0.6 is 0 Å². The van der Waals surface area contributed by atoms with Gasteiger partial charge in [0, 0.05) is 67.1 Å². The van der Waals surface area contributed by atoms with Gasteiger partial charge < -0.3 is 59.4 Å². The molecule has 320 valence electrons. The van der Waals surface area contributed by atoms with Crippen LogP contribution in [0.15, 0.2) is 126 Å². The molecule has 4 aromatic carbocycles. The van der Waals surface area contributed by atoms with Gasteiger partial charge in [-0.15, -0.1) is 0 Å². The molecular formula is C48H41N16O-. The van der Waals surface area contributed by atoms with Crippen molar-refractivity contribution in [1.29, 1.82) is 16.2 Å². The van der Waals surface area contributed by atoms with Crippen LogP contribution in [0.1, 0.15) is 22.8 Å². The van der Waals surface area contributed by atoms with Crippen LogP contribution in [-0.2, 0) is 0 Å². The highest BCUT2D eigenvalue weighted by molar-refractivity contribution is 6.01. The third-order valence-electron chi connectivity index (χ3n) is 10.7. The minimum atomic E-state index is -0.255. The van der Waals surface area contributed by atoms with Crippen LogP contribution in [0, 0.1) is 21.4 Å². The highest BCUT2D eigenvalue weighted by Gasteiger charge is 2.19. The van der Waals surface area contributed by atoms with Crippen molar-refractivity contribution < 1.29 is 0 Å². The second kappa shape index (κ2) is 17.0. The topological polar surface area (TPSA) is 317 Å². The zero-order chi connectivity index (χ0) is 45.2. The number of hydrogen-bond donors (Lipinski definition) is 13. The third-order valence-corrected chi connectivity index (χ3v) is 10.7. The summed E-state index contributed by atoms with van der Waals surface area (Å²) < 4.78 is 0. The van der Waals surface area contributed by atoms with Crippen LogP contribution in [0.5, 0.6) is 0 Å². The number of H-pyrrole nitrogens is 2. The van der Waals surface area contributed by atoms with Crippen molar-refractivity contribution in [3.05, 3.63) is 149 Å². The van der Waals surface area contributed by atoms with Crippen LogP contribution in [0.2, 0.25) is 0 Å². The first-order valence-electron chi connectivity index (χ1n) is 20.1. The average Bonchev–Trinajstić information content (AvgIpc) is 4.14. The number of guanidine groups is 4. The summed E-state index contributed by atoms with van der Waals surface area (Å²) in [5.41, 5.74) is 37.8. The maximum atomic E-state index is 11.1. The van der Waals surface area contributed by atoms with Crippen molar-refractivity contribution in [2.45, 2.75) is 0 Å². The van der Waals surface area contributed by atoms with Gasteiger partial charge >= 0.3 is 0 Å². The summed E-state index contributed by atoms with van der Waals surface area (Å²) in [6.45, 7) is 0. The van der Waals surface area contributed by atoms with E-state index in [9.17, 15) is 5.21 Å². The molecule has 17 N–H and O–H groups in total. The zero-order valence-electron chi connectivity index (χ0n) is 34.4. The maximum absolute atomic E-state index is 11.1. The Hall–Kier alpha value is -9.64. The second-order valence-corrected chi connectivity index (χ2v) is 15.0. The first-order valence-corrected chi connectivity index (χ1v) is 20.1. The monoisotopic (exact) mass is 857 g/mol. The Bertz CT molecular complexity index is 3230. The fraction of sp³-hybridized carbons (Fsp3) is 0. The number of aromatic amines is 2. The molecule has 0 radical (unpaired) electrons. The maximum Gasteiger partial charge on any atom is 0.190 e. The van der Waals surface area contributed by atoms with E-state index >= 15 is 0 Å². The lowest BCUT2D eigenvalue weighted by Gasteiger charge is -2.10. The quantitative estimate of drug-likeness (QED) is 0.0390. The van der Waals surface area contributed by atoms with Gasteiger partial charge in [-0.3, -0.25) is 21.4 Å². The van der Waals surface area contributed by atoms with Gasteiger partial charge in [-0.1, -0.05) is 48.5 Å². The Balaban J connectivity index is 1.38. The Morgan fingerprint density at radius 1 is 0.400 bits per heavy atom. The number of aromatic nitrogens is 4. The van der Waals surface area contributed by atoms with Crippen molar-refractivity contribution in [2.24, 2.45) is 28.1 Å². The van der Waals surface area contributed by atoms with Crippen LogP contribution in [0.25, 0.3) is 90.9 Å². The van der Waals surface area contributed by atoms with Crippen molar-refractivity contribution in [2.75, 3.05) is 21.3 Å². The van der Waals surface area contributed by atoms with Crippen molar-refractivity contribution in [3.63, 3.8) is 0 Å². The van der Waals surface area contributed by atoms with Crippen LogP contribution in [0.3, 0.4) is 0 Å². The molecule has 2 aliphatic rings. The van der Waals surface area contributed by atoms with Gasteiger partial charge in [-0.2, -0.15) is 0 Å². The molecule has 2 aliphatic heterocycles. The van der Waals surface area contributed by atoms with E-state index in [0.29, 0.717) is 45.5 Å². The van der Waals surface area contributed by atoms with Crippen molar-refractivity contribution >= 4 is 93.0 Å². The molecule has 5 heterocycles. The first kappa shape index (κ1) is 40.7. The normalized spacial score (nSPS) is 11.8. The largest absolute Gasteiger partial charge is 0.789 e. The van der Waals surface area contributed by atoms with E-state index in [-0.39, 0.29) is 23.8 Å². The number of nitrogens with zero attached hydrogens (tertiary/aromatic N) is 3. The molecule has 3 aromatic heterocycles. The lowest BCUT2D eigenvalue weighted by Crippen LogP contribution is -2.21. The summed E-state index contributed by atoms with van der Waals surface area (Å²) in [5, 5.41) is 48.5. The molecule has 65 heavy (non-hydrogen) atoms. The third kappa shape index (κ3) is 8.51. The number of nitrogens with one attached hydrogen (secondary N) is 9. The number of fused-ring (bicyclic) bond motifs is 8. The highest BCUT2D eigenvalue weighted by atomic mass is 16.4. The SMILES string of the molecule is N=C(N)Nc1ccc(-c2c3nc(c(-c4ccc(NC(=N)N)cc4)c4ccc([nH]4)c(-c4ccc(NC(N)=N[O-])cc4)c4nc(c(-c5ccc(NC(=N)N)cc5)c5ccc2[nH]5)C=C4)C=C3)cc1. The van der Waals surface area contributed by atoms with E-state index in [0.717, 1.165) is 66.6 Å². The minimum Gasteiger partial charge on any atom is -0.789 e. The van der Waals surface area contributed by atoms with E-state index in [1.165, 1.54) is 0 Å². The Labute approximate surface area is 371 Å². The van der Waals surface area contributed by atoms with Gasteiger partial charge in [0.05, 0.1) is 22.8 Å². The summed E-state index contributed by atoms with van der Waals surface area (Å²) in [6.07, 6.45) is 7.96. The van der Waals surface area contributed by atoms with E-state index in [1.54, 1.807) is 0 Å². The van der Waals surface area contributed by atoms with Gasteiger partial charge in [0.25, 0.3) is 0 Å². The lowest BCUT2D eigenvalue weighted by atomic mass is 10.0. The van der Waals surface area contributed by atoms with Crippen LogP contribution in [0.4, 0.5) is 22.7 Å². The number of rotatable bonds is 8. The molecule has 0 saturated carbocycles. The highest BCUT2D eigenvalue weighted by Crippen LogP contribution is 2.39. The van der Waals surface area contributed by atoms with Gasteiger partial charge in [0.2, 0.25) is 0 Å². The standard InChI is InChI=1S/C48H42N16O/c49-45(50)56-29-9-1-25(2-10-29)41-33-17-19-35(60-33)42(26-3-11-30(12-4-26)57-46(51)52)37-21-23-39(62-37)44(28-7-15-32(16-8-28)59-48(55)64-65)40-24-22-38(63-40)43(36-20-18-34(41)61-36)27-5-13-31(14-6-27)58-47(53)54/h1-24,60,63,65H,(H4,49,50,56)(H4,51,52,57)(H4,53,54,58)(H3,55,59,64)/p-1. The van der Waals surface area contributed by atoms with Crippen LogP contribution in [-0.4, -0.2) is 43.8 Å². The number of nitrogens with two attached hydrogens (primary N) is 4. The molecule has 17 nitrogen and oxygen atoms in total. The fourth-order valence-electron chi connectivity index (χ4n) is 7.94. The van der Waals surface area contributed by atoms with Crippen molar-refractivity contribution in [3.8, 4) is 44.5 Å². The predicted molar refractivity (Wildman–Crippen MR) is 266 cm³/mol. The summed E-state index contributed by atoms with van der Waals surface area (Å²) in [7, 11) is 0. The van der Waals surface area contributed by atoms with E-state index in [2.05, 4.69) is 36.4 Å². The first-order chi connectivity index (χ1) is 31.5. The molecule has 0 atom stereocenters. The zero-order valence-corrected chi connectivity index (χ0v) is 34.4. The molecule has 9 rings (SSSR count). The van der Waals surface area contributed by atoms with Gasteiger partial charge in [0.1, 0.15) is 0 Å². The van der Waals surface area contributed by atoms with E-state index in [1.807, 2.05) is 146 Å². The predicted octanol–water partition coefficient (Wildman–Crippen LogP) is 8.46. The second-order valence-electron chi connectivity index (χ2n) is 15.0. The molecule has 17 heteroatoms. The number of hydrogen-bond acceptors (Lipinski definition) is 7. The average molecular weight is 858 g/mol. The molecule has 0 spiro atoms. The lowest BCUT2D eigenvalue weighted by molar-refractivity contribution is 1.31. The van der Waals surface area contributed by atoms with Crippen molar-refractivity contribution in [1.82, 2.24) is 19.9 Å². The van der Waals surface area contributed by atoms with Gasteiger partial charge in [0.15, 0.2) is 23.8 Å². The molecule has 0 unspecified atom stereocenters. The number of anilines is 4. The fourth-order valence-corrected chi connectivity index (χ4v) is 7.94. The summed E-state index contributed by atoms with van der Waals surface area (Å²) in [4.78, 5) is 18.1. The van der Waals surface area contributed by atoms with Gasteiger partial charge in [-0.25, -0.2) is 9.97 Å². The summed E-state index contributed by atoms with van der Waals surface area (Å²) >= 11 is 0. The smallest absolute Gasteiger partial charge is 0.190 e. The summed E-state index contributed by atoms with van der Waals surface area (Å²) in [6, 6.07) is 38.4. The Morgan fingerprint density at radius 3 is 0.877 bits per heavy atom. The van der Waals surface area contributed by atoms with Crippen LogP contribution < -0.4 is 44.2 Å². The molecule has 0 fully saturated rings. The summed E-state index contributed by atoms with van der Waals surface area (Å²) in [5.74, 6) is -0.767. The molecule has 8 bridgehead atoms.